The van der Waals surface area contributed by atoms with E-state index in [1.165, 1.54) is 0 Å². The summed E-state index contributed by atoms with van der Waals surface area (Å²) in [6, 6.07) is 0. The lowest BCUT2D eigenvalue weighted by Crippen LogP contribution is -2.66. The molecule has 1 saturated heterocycles. The third-order valence-electron chi connectivity index (χ3n) is 7.40. The number of carbonyl (C=O) groups is 2. The summed E-state index contributed by atoms with van der Waals surface area (Å²) in [5.41, 5.74) is -1.70. The molecule has 6 unspecified atom stereocenters. The first kappa shape index (κ1) is 24.9. The maximum Gasteiger partial charge on any atom is 0.317 e. The molecule has 5 rings (SSSR count). The highest BCUT2D eigenvalue weighted by atomic mass is 16.6. The zero-order chi connectivity index (χ0) is 24.5. The number of hydrogen-bond donors (Lipinski definition) is 0. The van der Waals surface area contributed by atoms with Gasteiger partial charge in [0.1, 0.15) is 22.7 Å². The van der Waals surface area contributed by atoms with Crippen molar-refractivity contribution in [3.8, 4) is 0 Å². The fourth-order valence-electron chi connectivity index (χ4n) is 5.64. The minimum absolute atomic E-state index is 0.260. The molecule has 3 aliphatic heterocycles. The van der Waals surface area contributed by atoms with Crippen molar-refractivity contribution in [3.63, 3.8) is 0 Å². The molecular weight excluding hydrogens is 460 g/mol. The van der Waals surface area contributed by atoms with Crippen LogP contribution in [0, 0.1) is 11.8 Å². The maximum atomic E-state index is 12.5. The van der Waals surface area contributed by atoms with E-state index < -0.39 is 23.0 Å². The molecule has 0 aromatic rings. The lowest BCUT2D eigenvalue weighted by molar-refractivity contribution is -0.239. The molecule has 3 fully saturated rings. The highest BCUT2D eigenvalue weighted by molar-refractivity contribution is 5.79. The summed E-state index contributed by atoms with van der Waals surface area (Å²) in [5, 5.41) is 0. The van der Waals surface area contributed by atoms with Crippen LogP contribution >= 0.6 is 0 Å². The minimum Gasteiger partial charge on any atom is -0.431 e. The first-order valence-corrected chi connectivity index (χ1v) is 12.4. The highest BCUT2D eigenvalue weighted by Crippen LogP contribution is 2.50. The van der Waals surface area contributed by atoms with Gasteiger partial charge >= 0.3 is 11.9 Å². The van der Waals surface area contributed by atoms with Crippen molar-refractivity contribution in [1.82, 2.24) is 0 Å². The highest BCUT2D eigenvalue weighted by Gasteiger charge is 2.63. The van der Waals surface area contributed by atoms with Gasteiger partial charge in [0.05, 0.1) is 76.9 Å². The molecule has 0 aromatic carbocycles. The van der Waals surface area contributed by atoms with E-state index in [-0.39, 0.29) is 24.1 Å². The Labute approximate surface area is 204 Å². The van der Waals surface area contributed by atoms with Crippen LogP contribution in [0.3, 0.4) is 0 Å². The van der Waals surface area contributed by atoms with Crippen molar-refractivity contribution in [2.75, 3.05) is 52.9 Å². The Balaban J connectivity index is 1.28. The van der Waals surface area contributed by atoms with Crippen molar-refractivity contribution in [1.29, 1.82) is 0 Å². The number of rotatable bonds is 0. The van der Waals surface area contributed by atoms with E-state index in [4.69, 9.17) is 37.9 Å². The fourth-order valence-corrected chi connectivity index (χ4v) is 5.64. The van der Waals surface area contributed by atoms with Gasteiger partial charge in [-0.15, -0.1) is 0 Å². The SMILES string of the molecule is CC1=CC23OCCCOC45C=C(C)OC(=O)C4CC5OCCOCCOCCOC2CC3C(=O)O1. The topological polar surface area (TPSA) is 108 Å². The van der Waals surface area contributed by atoms with Crippen molar-refractivity contribution in [2.24, 2.45) is 11.8 Å². The first-order chi connectivity index (χ1) is 16.9. The Morgan fingerprint density at radius 3 is 1.54 bits per heavy atom. The molecule has 0 bridgehead atoms. The smallest absolute Gasteiger partial charge is 0.317 e. The Hall–Kier alpha value is -1.82. The number of hydrogen-bond acceptors (Lipinski definition) is 10. The van der Waals surface area contributed by atoms with Crippen LogP contribution < -0.4 is 0 Å². The number of cyclic esters (lactones) is 2. The zero-order valence-corrected chi connectivity index (χ0v) is 20.3. The third-order valence-corrected chi connectivity index (χ3v) is 7.40. The summed E-state index contributed by atoms with van der Waals surface area (Å²) >= 11 is 0. The fraction of sp³-hybridized carbons (Fsp3) is 0.760. The van der Waals surface area contributed by atoms with Crippen LogP contribution in [0.1, 0.15) is 33.1 Å². The van der Waals surface area contributed by atoms with Gasteiger partial charge in [-0.2, -0.15) is 0 Å². The normalized spacial score (nSPS) is 41.2. The second-order valence-electron chi connectivity index (χ2n) is 9.63. The van der Waals surface area contributed by atoms with Crippen LogP contribution in [-0.4, -0.2) is 88.2 Å². The van der Waals surface area contributed by atoms with Crippen LogP contribution in [0.25, 0.3) is 0 Å². The Morgan fingerprint density at radius 2 is 1.09 bits per heavy atom. The summed E-state index contributed by atoms with van der Waals surface area (Å²) in [5.74, 6) is -0.339. The van der Waals surface area contributed by atoms with Crippen molar-refractivity contribution in [3.05, 3.63) is 23.7 Å². The molecule has 5 aliphatic rings. The van der Waals surface area contributed by atoms with E-state index in [9.17, 15) is 9.59 Å². The molecule has 2 aliphatic carbocycles. The summed E-state index contributed by atoms with van der Waals surface area (Å²) in [7, 11) is 0. The minimum atomic E-state index is -0.848. The summed E-state index contributed by atoms with van der Waals surface area (Å²) in [4.78, 5) is 24.9. The average Bonchev–Trinajstić information content (AvgIpc) is 2.78. The molecule has 0 amide bonds. The average molecular weight is 495 g/mol. The number of allylic oxidation sites excluding steroid dienone is 2. The zero-order valence-electron chi connectivity index (χ0n) is 20.3. The number of ether oxygens (including phenoxy) is 8. The quantitative estimate of drug-likeness (QED) is 0.462. The lowest BCUT2D eigenvalue weighted by Gasteiger charge is -2.54. The van der Waals surface area contributed by atoms with Crippen molar-refractivity contribution >= 4 is 11.9 Å². The second kappa shape index (κ2) is 10.3. The summed E-state index contributed by atoms with van der Waals surface area (Å²) < 4.78 is 46.6. The number of esters is 2. The van der Waals surface area contributed by atoms with Crippen LogP contribution in [0.15, 0.2) is 23.7 Å². The van der Waals surface area contributed by atoms with Crippen molar-refractivity contribution < 1.29 is 47.5 Å². The molecule has 0 aromatic heterocycles. The predicted molar refractivity (Wildman–Crippen MR) is 119 cm³/mol. The molecule has 194 valence electrons. The molecule has 0 radical (unpaired) electrons. The Bertz CT molecular complexity index is 813. The molecule has 2 spiro atoms. The van der Waals surface area contributed by atoms with Gasteiger partial charge in [-0.05, 0) is 45.3 Å². The van der Waals surface area contributed by atoms with Gasteiger partial charge < -0.3 is 37.9 Å². The largest absolute Gasteiger partial charge is 0.431 e. The molecule has 10 heteroatoms. The maximum absolute atomic E-state index is 12.5. The first-order valence-electron chi connectivity index (χ1n) is 12.4. The van der Waals surface area contributed by atoms with E-state index in [2.05, 4.69) is 0 Å². The Morgan fingerprint density at radius 1 is 0.657 bits per heavy atom. The third kappa shape index (κ3) is 4.68. The van der Waals surface area contributed by atoms with Crippen LogP contribution in [0.5, 0.6) is 0 Å². The summed E-state index contributed by atoms with van der Waals surface area (Å²) in [6.07, 6.45) is 4.85. The monoisotopic (exact) mass is 494 g/mol. The lowest BCUT2D eigenvalue weighted by atomic mass is 9.65. The van der Waals surface area contributed by atoms with Gasteiger partial charge in [-0.1, -0.05) is 0 Å². The Kier molecular flexibility index (Phi) is 7.30. The molecule has 6 atom stereocenters. The molecule has 2 saturated carbocycles. The molecule has 3 heterocycles. The van der Waals surface area contributed by atoms with Gasteiger partial charge in [0.25, 0.3) is 0 Å². The second-order valence-corrected chi connectivity index (χ2v) is 9.63. The van der Waals surface area contributed by atoms with Gasteiger partial charge in [0.15, 0.2) is 0 Å². The molecule has 0 N–H and O–H groups in total. The van der Waals surface area contributed by atoms with Crippen LogP contribution in [-0.2, 0) is 47.5 Å². The van der Waals surface area contributed by atoms with E-state index in [1.54, 1.807) is 13.8 Å². The summed E-state index contributed by atoms with van der Waals surface area (Å²) in [6.45, 7) is 6.72. The van der Waals surface area contributed by atoms with Crippen LogP contribution in [0.4, 0.5) is 0 Å². The van der Waals surface area contributed by atoms with Crippen molar-refractivity contribution in [2.45, 2.75) is 56.5 Å². The van der Waals surface area contributed by atoms with E-state index in [0.717, 1.165) is 0 Å². The van der Waals surface area contributed by atoms with E-state index in [1.807, 2.05) is 12.2 Å². The van der Waals surface area contributed by atoms with Gasteiger partial charge in [-0.3, -0.25) is 9.59 Å². The van der Waals surface area contributed by atoms with E-state index >= 15 is 0 Å². The molecule has 10 nitrogen and oxygen atoms in total. The van der Waals surface area contributed by atoms with Gasteiger partial charge in [-0.25, -0.2) is 0 Å². The van der Waals surface area contributed by atoms with Gasteiger partial charge in [0.2, 0.25) is 0 Å². The standard InChI is InChI=1S/C25H34O10/c1-16-14-24-18(22(26)34-16)12-20(24)30-10-8-28-6-7-29-9-11-31-21-13-19-23(27)35-17(2)15-25(19,21)33-5-3-4-32-24/h14-15,18-21H,3-13H2,1-2H3. The van der Waals surface area contributed by atoms with E-state index in [0.29, 0.717) is 83.6 Å². The number of carbonyl (C=O) groups excluding carboxylic acids is 2. The van der Waals surface area contributed by atoms with Gasteiger partial charge in [0, 0.05) is 0 Å². The predicted octanol–water partition coefficient (Wildman–Crippen LogP) is 1.67. The van der Waals surface area contributed by atoms with Crippen LogP contribution in [0.2, 0.25) is 0 Å². The molecule has 35 heavy (non-hydrogen) atoms. The molecular formula is C25H34O10.